The van der Waals surface area contributed by atoms with Gasteiger partial charge in [-0.2, -0.15) is 0 Å². The average Bonchev–Trinajstić information content (AvgIpc) is 2.70. The minimum absolute atomic E-state index is 0.150. The predicted molar refractivity (Wildman–Crippen MR) is 114 cm³/mol. The molecule has 146 valence electrons. The van der Waals surface area contributed by atoms with Gasteiger partial charge in [-0.15, -0.1) is 0 Å². The topological polar surface area (TPSA) is 63.6 Å². The SMILES string of the molecule is CCCCCc1cccc(CCn2cc(Cc3cncnc3)c(=O)[nH]c2=S)c1. The van der Waals surface area contributed by atoms with Crippen molar-refractivity contribution in [3.63, 3.8) is 0 Å². The summed E-state index contributed by atoms with van der Waals surface area (Å²) in [6, 6.07) is 8.77. The molecule has 3 rings (SSSR count). The van der Waals surface area contributed by atoms with Crippen LogP contribution in [-0.2, 0) is 25.8 Å². The Morgan fingerprint density at radius 3 is 2.57 bits per heavy atom. The maximum atomic E-state index is 12.3. The predicted octanol–water partition coefficient (Wildman–Crippen LogP) is 4.26. The maximum Gasteiger partial charge on any atom is 0.255 e. The van der Waals surface area contributed by atoms with E-state index in [2.05, 4.69) is 46.1 Å². The van der Waals surface area contributed by atoms with E-state index in [1.54, 1.807) is 12.4 Å². The summed E-state index contributed by atoms with van der Waals surface area (Å²) in [5.41, 5.74) is 4.09. The molecule has 0 aliphatic carbocycles. The van der Waals surface area contributed by atoms with Crippen LogP contribution in [0.1, 0.15) is 48.4 Å². The number of unbranched alkanes of at least 4 members (excludes halogenated alkanes) is 2. The molecule has 0 radical (unpaired) electrons. The number of hydrogen-bond donors (Lipinski definition) is 1. The van der Waals surface area contributed by atoms with E-state index in [9.17, 15) is 4.79 Å². The minimum Gasteiger partial charge on any atom is -0.325 e. The van der Waals surface area contributed by atoms with E-state index in [4.69, 9.17) is 12.2 Å². The molecule has 0 unspecified atom stereocenters. The van der Waals surface area contributed by atoms with Crippen molar-refractivity contribution < 1.29 is 0 Å². The second kappa shape index (κ2) is 10.1. The van der Waals surface area contributed by atoms with E-state index in [0.29, 0.717) is 16.8 Å². The van der Waals surface area contributed by atoms with Gasteiger partial charge in [0.25, 0.3) is 5.56 Å². The van der Waals surface area contributed by atoms with Crippen LogP contribution in [0.15, 0.2) is 54.0 Å². The summed E-state index contributed by atoms with van der Waals surface area (Å²) < 4.78 is 2.40. The van der Waals surface area contributed by atoms with Crippen LogP contribution in [0.4, 0.5) is 0 Å². The Hall–Kier alpha value is -2.60. The number of benzene rings is 1. The molecule has 6 heteroatoms. The number of nitrogens with one attached hydrogen (secondary N) is 1. The molecule has 28 heavy (non-hydrogen) atoms. The molecule has 0 aliphatic heterocycles. The minimum atomic E-state index is -0.150. The molecule has 0 bridgehead atoms. The highest BCUT2D eigenvalue weighted by atomic mass is 32.1. The summed E-state index contributed by atoms with van der Waals surface area (Å²) in [7, 11) is 0. The van der Waals surface area contributed by atoms with Gasteiger partial charge < -0.3 is 4.57 Å². The lowest BCUT2D eigenvalue weighted by molar-refractivity contribution is 0.654. The molecule has 0 spiro atoms. The van der Waals surface area contributed by atoms with Gasteiger partial charge in [0.15, 0.2) is 4.77 Å². The molecular formula is C22H26N4OS. The van der Waals surface area contributed by atoms with Crippen LogP contribution in [-0.4, -0.2) is 19.5 Å². The van der Waals surface area contributed by atoms with Crippen molar-refractivity contribution in [1.29, 1.82) is 0 Å². The quantitative estimate of drug-likeness (QED) is 0.435. The standard InChI is InChI=1S/C22H26N4OS/c1-2-3-4-6-17-7-5-8-18(11-17)9-10-26-15-20(21(27)25-22(26)28)12-19-13-23-16-24-14-19/h5,7-8,11,13-16H,2-4,6,9-10,12H2,1H3,(H,25,27,28). The van der Waals surface area contributed by atoms with Crippen molar-refractivity contribution in [3.8, 4) is 0 Å². The summed E-state index contributed by atoms with van der Waals surface area (Å²) in [6.45, 7) is 2.95. The largest absolute Gasteiger partial charge is 0.325 e. The average molecular weight is 395 g/mol. The van der Waals surface area contributed by atoms with Gasteiger partial charge in [-0.1, -0.05) is 44.0 Å². The first-order valence-electron chi connectivity index (χ1n) is 9.80. The number of aromatic amines is 1. The Labute approximate surface area is 170 Å². The van der Waals surface area contributed by atoms with E-state index < -0.39 is 0 Å². The molecule has 1 aromatic carbocycles. The van der Waals surface area contributed by atoms with Gasteiger partial charge >= 0.3 is 0 Å². The zero-order chi connectivity index (χ0) is 19.8. The van der Waals surface area contributed by atoms with Gasteiger partial charge in [-0.05, 0) is 48.2 Å². The molecule has 1 N–H and O–H groups in total. The van der Waals surface area contributed by atoms with Crippen molar-refractivity contribution in [2.75, 3.05) is 0 Å². The summed E-state index contributed by atoms with van der Waals surface area (Å²) in [4.78, 5) is 23.1. The molecule has 2 aromatic heterocycles. The van der Waals surface area contributed by atoms with Crippen molar-refractivity contribution >= 4 is 12.2 Å². The molecule has 5 nitrogen and oxygen atoms in total. The zero-order valence-electron chi connectivity index (χ0n) is 16.2. The molecule has 0 aliphatic rings. The van der Waals surface area contributed by atoms with E-state index in [-0.39, 0.29) is 5.56 Å². The zero-order valence-corrected chi connectivity index (χ0v) is 17.0. The van der Waals surface area contributed by atoms with E-state index >= 15 is 0 Å². The van der Waals surface area contributed by atoms with Gasteiger partial charge in [0.05, 0.1) is 0 Å². The number of nitrogens with zero attached hydrogens (tertiary/aromatic N) is 3. The van der Waals surface area contributed by atoms with Crippen LogP contribution in [0.3, 0.4) is 0 Å². The first-order valence-corrected chi connectivity index (χ1v) is 10.2. The van der Waals surface area contributed by atoms with Crippen LogP contribution in [0.5, 0.6) is 0 Å². The lowest BCUT2D eigenvalue weighted by Crippen LogP contribution is -2.19. The monoisotopic (exact) mass is 394 g/mol. The Balaban J connectivity index is 1.70. The van der Waals surface area contributed by atoms with Crippen LogP contribution in [0, 0.1) is 4.77 Å². The van der Waals surface area contributed by atoms with Gasteiger partial charge in [-0.25, -0.2) is 9.97 Å². The molecule has 3 aromatic rings. The Morgan fingerprint density at radius 1 is 1.07 bits per heavy atom. The highest BCUT2D eigenvalue weighted by molar-refractivity contribution is 7.71. The third-order valence-corrected chi connectivity index (χ3v) is 5.13. The van der Waals surface area contributed by atoms with Gasteiger partial charge in [0.1, 0.15) is 6.33 Å². The normalized spacial score (nSPS) is 10.9. The number of aromatic nitrogens is 4. The van der Waals surface area contributed by atoms with E-state index in [1.165, 1.54) is 36.7 Å². The lowest BCUT2D eigenvalue weighted by atomic mass is 10.0. The van der Waals surface area contributed by atoms with Crippen LogP contribution in [0.2, 0.25) is 0 Å². The number of aryl methyl sites for hydroxylation is 3. The highest BCUT2D eigenvalue weighted by Crippen LogP contribution is 2.11. The van der Waals surface area contributed by atoms with Crippen molar-refractivity contribution in [1.82, 2.24) is 19.5 Å². The fourth-order valence-electron chi connectivity index (χ4n) is 3.26. The van der Waals surface area contributed by atoms with Crippen LogP contribution < -0.4 is 5.56 Å². The van der Waals surface area contributed by atoms with Crippen LogP contribution in [0.25, 0.3) is 0 Å². The maximum absolute atomic E-state index is 12.3. The van der Waals surface area contributed by atoms with Crippen molar-refractivity contribution in [2.45, 2.75) is 52.0 Å². The summed E-state index contributed by atoms with van der Waals surface area (Å²) in [6.07, 6.45) is 13.0. The first kappa shape index (κ1) is 20.1. The second-order valence-corrected chi connectivity index (χ2v) is 7.44. The summed E-state index contributed by atoms with van der Waals surface area (Å²) in [5, 5.41) is 0. The molecule has 2 heterocycles. The smallest absolute Gasteiger partial charge is 0.255 e. The molecule has 0 saturated heterocycles. The molecule has 0 fully saturated rings. The highest BCUT2D eigenvalue weighted by Gasteiger charge is 2.06. The van der Waals surface area contributed by atoms with Crippen LogP contribution >= 0.6 is 12.2 Å². The van der Waals surface area contributed by atoms with Gasteiger partial charge in [0, 0.05) is 37.1 Å². The Morgan fingerprint density at radius 2 is 1.82 bits per heavy atom. The van der Waals surface area contributed by atoms with E-state index in [1.807, 2.05) is 10.8 Å². The lowest BCUT2D eigenvalue weighted by Gasteiger charge is -2.10. The Kier molecular flexibility index (Phi) is 7.25. The number of hydrogen-bond acceptors (Lipinski definition) is 4. The second-order valence-electron chi connectivity index (χ2n) is 7.06. The molecule has 0 amide bonds. The van der Waals surface area contributed by atoms with Gasteiger partial charge in [-0.3, -0.25) is 9.78 Å². The third-order valence-electron chi connectivity index (χ3n) is 4.80. The van der Waals surface area contributed by atoms with Gasteiger partial charge in [0.2, 0.25) is 0 Å². The van der Waals surface area contributed by atoms with E-state index in [0.717, 1.165) is 24.9 Å². The molecule has 0 saturated carbocycles. The third kappa shape index (κ3) is 5.70. The summed E-state index contributed by atoms with van der Waals surface area (Å²) in [5.74, 6) is 0. The first-order chi connectivity index (χ1) is 13.7. The fourth-order valence-corrected chi connectivity index (χ4v) is 3.49. The number of H-pyrrole nitrogens is 1. The van der Waals surface area contributed by atoms with Crippen molar-refractivity contribution in [2.24, 2.45) is 0 Å². The Bertz CT molecular complexity index is 1010. The van der Waals surface area contributed by atoms with Crippen molar-refractivity contribution in [3.05, 3.63) is 86.6 Å². The number of rotatable bonds is 9. The fraction of sp³-hybridized carbons (Fsp3) is 0.364. The summed E-state index contributed by atoms with van der Waals surface area (Å²) >= 11 is 5.36. The molecular weight excluding hydrogens is 368 g/mol. The molecule has 0 atom stereocenters.